The maximum atomic E-state index is 12.0. The van der Waals surface area contributed by atoms with Gasteiger partial charge in [-0.25, -0.2) is 0 Å². The van der Waals surface area contributed by atoms with Crippen LogP contribution in [0, 0.1) is 17.2 Å². The monoisotopic (exact) mass is 352 g/mol. The lowest BCUT2D eigenvalue weighted by Crippen LogP contribution is -2.50. The molecule has 1 N–H and O–H groups in total. The number of nitrogens with one attached hydrogen (secondary N) is 1. The highest BCUT2D eigenvalue weighted by atomic mass is 16.5. The Hall–Kier alpha value is -3.00. The summed E-state index contributed by atoms with van der Waals surface area (Å²) >= 11 is 0. The molecule has 136 valence electrons. The van der Waals surface area contributed by atoms with Crippen molar-refractivity contribution in [2.75, 3.05) is 6.61 Å². The summed E-state index contributed by atoms with van der Waals surface area (Å²) in [5.41, 5.74) is 0.186. The second-order valence-corrected chi connectivity index (χ2v) is 6.55. The van der Waals surface area contributed by atoms with Gasteiger partial charge in [-0.3, -0.25) is 4.79 Å². The first-order chi connectivity index (χ1) is 12.4. The second-order valence-electron chi connectivity index (χ2n) is 6.55. The van der Waals surface area contributed by atoms with E-state index in [1.807, 2.05) is 44.2 Å². The zero-order chi connectivity index (χ0) is 19.0. The van der Waals surface area contributed by atoms with Crippen molar-refractivity contribution in [3.63, 3.8) is 0 Å². The number of carbonyl (C=O) groups excluding carboxylic acids is 1. The SMILES string of the molecule is CC(C)[C@](C)(C#N)NC(=O)COc1ccc(OCc2ccccc2)cc1. The van der Waals surface area contributed by atoms with Gasteiger partial charge in [-0.05, 0) is 42.7 Å². The number of hydrogen-bond acceptors (Lipinski definition) is 4. The van der Waals surface area contributed by atoms with E-state index in [4.69, 9.17) is 9.47 Å². The van der Waals surface area contributed by atoms with Gasteiger partial charge in [-0.15, -0.1) is 0 Å². The standard InChI is InChI=1S/C21H24N2O3/c1-16(2)21(3,15-22)23-20(24)14-26-19-11-9-18(10-12-19)25-13-17-7-5-4-6-8-17/h4-12,16H,13-14H2,1-3H3,(H,23,24)/t21-/m0/s1. The molecule has 1 atom stereocenters. The van der Waals surface area contributed by atoms with Crippen molar-refractivity contribution in [3.8, 4) is 17.6 Å². The lowest BCUT2D eigenvalue weighted by atomic mass is 9.90. The Kier molecular flexibility index (Phi) is 6.62. The van der Waals surface area contributed by atoms with Crippen LogP contribution in [0.15, 0.2) is 54.6 Å². The Morgan fingerprint density at radius 2 is 1.65 bits per heavy atom. The highest BCUT2D eigenvalue weighted by Crippen LogP contribution is 2.19. The quantitative estimate of drug-likeness (QED) is 0.786. The molecule has 0 aliphatic carbocycles. The minimum Gasteiger partial charge on any atom is -0.489 e. The fourth-order valence-electron chi connectivity index (χ4n) is 2.15. The molecule has 0 saturated heterocycles. The smallest absolute Gasteiger partial charge is 0.259 e. The van der Waals surface area contributed by atoms with Crippen molar-refractivity contribution in [2.24, 2.45) is 5.92 Å². The van der Waals surface area contributed by atoms with Crippen molar-refractivity contribution >= 4 is 5.91 Å². The Bertz CT molecular complexity index is 751. The van der Waals surface area contributed by atoms with Gasteiger partial charge in [0.25, 0.3) is 5.91 Å². The molecule has 0 bridgehead atoms. The summed E-state index contributed by atoms with van der Waals surface area (Å²) < 4.78 is 11.2. The van der Waals surface area contributed by atoms with Crippen molar-refractivity contribution in [1.82, 2.24) is 5.32 Å². The maximum Gasteiger partial charge on any atom is 0.259 e. The predicted octanol–water partition coefficient (Wildman–Crippen LogP) is 3.70. The van der Waals surface area contributed by atoms with Gasteiger partial charge in [0.2, 0.25) is 0 Å². The molecule has 26 heavy (non-hydrogen) atoms. The molecule has 0 heterocycles. The summed E-state index contributed by atoms with van der Waals surface area (Å²) in [5, 5.41) is 11.9. The average Bonchev–Trinajstić information content (AvgIpc) is 2.66. The van der Waals surface area contributed by atoms with Gasteiger partial charge in [0.15, 0.2) is 6.61 Å². The van der Waals surface area contributed by atoms with Gasteiger partial charge in [0, 0.05) is 0 Å². The average molecular weight is 352 g/mol. The van der Waals surface area contributed by atoms with Crippen LogP contribution in [-0.4, -0.2) is 18.1 Å². The number of ether oxygens (including phenoxy) is 2. The van der Waals surface area contributed by atoms with Gasteiger partial charge >= 0.3 is 0 Å². The van der Waals surface area contributed by atoms with E-state index in [-0.39, 0.29) is 18.4 Å². The van der Waals surface area contributed by atoms with Crippen molar-refractivity contribution in [2.45, 2.75) is 32.9 Å². The molecule has 5 nitrogen and oxygen atoms in total. The summed E-state index contributed by atoms with van der Waals surface area (Å²) in [7, 11) is 0. The summed E-state index contributed by atoms with van der Waals surface area (Å²) in [6.07, 6.45) is 0. The highest BCUT2D eigenvalue weighted by Gasteiger charge is 2.29. The Morgan fingerprint density at radius 3 is 2.19 bits per heavy atom. The fourth-order valence-corrected chi connectivity index (χ4v) is 2.15. The van der Waals surface area contributed by atoms with E-state index in [2.05, 4.69) is 11.4 Å². The third kappa shape index (κ3) is 5.52. The largest absolute Gasteiger partial charge is 0.489 e. The first kappa shape index (κ1) is 19.3. The molecule has 1 amide bonds. The number of hydrogen-bond donors (Lipinski definition) is 1. The van der Waals surface area contributed by atoms with Gasteiger partial charge in [-0.2, -0.15) is 5.26 Å². The number of nitriles is 1. The molecular formula is C21H24N2O3. The molecule has 0 unspecified atom stereocenters. The Balaban J connectivity index is 1.82. The molecule has 2 aromatic rings. The van der Waals surface area contributed by atoms with Crippen LogP contribution in [0.3, 0.4) is 0 Å². The minimum atomic E-state index is -0.907. The lowest BCUT2D eigenvalue weighted by molar-refractivity contribution is -0.124. The molecular weight excluding hydrogens is 328 g/mol. The number of rotatable bonds is 8. The lowest BCUT2D eigenvalue weighted by Gasteiger charge is -2.27. The van der Waals surface area contributed by atoms with Crippen LogP contribution in [-0.2, 0) is 11.4 Å². The van der Waals surface area contributed by atoms with E-state index >= 15 is 0 Å². The number of amides is 1. The molecule has 2 aromatic carbocycles. The normalized spacial score (nSPS) is 12.7. The van der Waals surface area contributed by atoms with Gasteiger partial charge in [-0.1, -0.05) is 44.2 Å². The number of benzene rings is 2. The van der Waals surface area contributed by atoms with Crippen LogP contribution >= 0.6 is 0 Å². The van der Waals surface area contributed by atoms with E-state index in [0.717, 1.165) is 11.3 Å². The van der Waals surface area contributed by atoms with E-state index in [9.17, 15) is 10.1 Å². The Labute approximate surface area is 154 Å². The van der Waals surface area contributed by atoms with Crippen molar-refractivity contribution < 1.29 is 14.3 Å². The van der Waals surface area contributed by atoms with E-state index in [1.165, 1.54) is 0 Å². The Morgan fingerprint density at radius 1 is 1.08 bits per heavy atom. The zero-order valence-corrected chi connectivity index (χ0v) is 15.4. The molecule has 0 radical (unpaired) electrons. The van der Waals surface area contributed by atoms with Crippen molar-refractivity contribution in [3.05, 3.63) is 60.2 Å². The second kappa shape index (κ2) is 8.91. The highest BCUT2D eigenvalue weighted by molar-refractivity contribution is 5.78. The summed E-state index contributed by atoms with van der Waals surface area (Å²) in [6.45, 7) is 5.82. The van der Waals surface area contributed by atoms with Crippen LogP contribution in [0.1, 0.15) is 26.3 Å². The topological polar surface area (TPSA) is 71.4 Å². The molecule has 5 heteroatoms. The van der Waals surface area contributed by atoms with Crippen molar-refractivity contribution in [1.29, 1.82) is 5.26 Å². The molecule has 2 rings (SSSR count). The molecule has 0 saturated carbocycles. The number of carbonyl (C=O) groups is 1. The van der Waals surface area contributed by atoms with E-state index in [1.54, 1.807) is 31.2 Å². The van der Waals surface area contributed by atoms with E-state index < -0.39 is 5.54 Å². The fraction of sp³-hybridized carbons (Fsp3) is 0.333. The van der Waals surface area contributed by atoms with Crippen LogP contribution in [0.5, 0.6) is 11.5 Å². The van der Waals surface area contributed by atoms with Crippen LogP contribution in [0.4, 0.5) is 0 Å². The summed E-state index contributed by atoms with van der Waals surface area (Å²) in [4.78, 5) is 12.0. The van der Waals surface area contributed by atoms with Crippen LogP contribution < -0.4 is 14.8 Å². The summed E-state index contributed by atoms with van der Waals surface area (Å²) in [5.74, 6) is 0.961. The predicted molar refractivity (Wildman–Crippen MR) is 99.7 cm³/mol. The van der Waals surface area contributed by atoms with Gasteiger partial charge < -0.3 is 14.8 Å². The maximum absolute atomic E-state index is 12.0. The molecule has 0 aliphatic heterocycles. The first-order valence-electron chi connectivity index (χ1n) is 8.55. The molecule has 0 aromatic heterocycles. The molecule has 0 aliphatic rings. The minimum absolute atomic E-state index is 0.00232. The van der Waals surface area contributed by atoms with E-state index in [0.29, 0.717) is 12.4 Å². The summed E-state index contributed by atoms with van der Waals surface area (Å²) in [6, 6.07) is 19.1. The first-order valence-corrected chi connectivity index (χ1v) is 8.55. The molecule has 0 spiro atoms. The van der Waals surface area contributed by atoms with Crippen LogP contribution in [0.2, 0.25) is 0 Å². The zero-order valence-electron chi connectivity index (χ0n) is 15.4. The molecule has 0 fully saturated rings. The van der Waals surface area contributed by atoms with Gasteiger partial charge in [0.05, 0.1) is 6.07 Å². The third-order valence-corrected chi connectivity index (χ3v) is 4.23. The van der Waals surface area contributed by atoms with Gasteiger partial charge in [0.1, 0.15) is 23.6 Å². The third-order valence-electron chi connectivity index (χ3n) is 4.23. The van der Waals surface area contributed by atoms with Crippen LogP contribution in [0.25, 0.3) is 0 Å². The number of nitrogens with zero attached hydrogens (tertiary/aromatic N) is 1.